The molecule has 0 bridgehead atoms. The Balaban J connectivity index is 1.71. The van der Waals surface area contributed by atoms with Gasteiger partial charge in [0.1, 0.15) is 18.1 Å². The van der Waals surface area contributed by atoms with Crippen molar-refractivity contribution in [2.75, 3.05) is 0 Å². The molecule has 0 heterocycles. The van der Waals surface area contributed by atoms with Crippen molar-refractivity contribution in [2.24, 2.45) is 17.3 Å². The van der Waals surface area contributed by atoms with Crippen molar-refractivity contribution < 1.29 is 21.1 Å². The number of benzene rings is 2. The first-order chi connectivity index (χ1) is 14.4. The van der Waals surface area contributed by atoms with Crippen molar-refractivity contribution in [1.29, 1.82) is 0 Å². The Morgan fingerprint density at radius 3 is 2.62 bits per heavy atom. The predicted octanol–water partition coefficient (Wildman–Crippen LogP) is 5.76. The van der Waals surface area contributed by atoms with E-state index in [1.54, 1.807) is 24.3 Å². The standard InChI is InChI=1S/C23H26O3/c1-16(2)13-20-21(23(20,3)4)22(24)25-15-17-9-8-12-19(14-17)26-18-10-6-5-7-11-18/h5-14,20-21H,15H2,1-4H3/t20-,21-/m0/s1/i5D,6D,7D,10D,11D. The summed E-state index contributed by atoms with van der Waals surface area (Å²) in [6, 6.07) is 4.48. The van der Waals surface area contributed by atoms with Crippen molar-refractivity contribution in [3.63, 3.8) is 0 Å². The summed E-state index contributed by atoms with van der Waals surface area (Å²) >= 11 is 0. The van der Waals surface area contributed by atoms with Gasteiger partial charge in [-0.3, -0.25) is 4.79 Å². The normalized spacial score (nSPS) is 22.8. The van der Waals surface area contributed by atoms with Gasteiger partial charge in [-0.1, -0.05) is 55.8 Å². The highest BCUT2D eigenvalue weighted by molar-refractivity contribution is 5.78. The number of allylic oxidation sites excluding steroid dienone is 2. The molecule has 0 radical (unpaired) electrons. The second kappa shape index (κ2) is 7.36. The van der Waals surface area contributed by atoms with Gasteiger partial charge in [0.25, 0.3) is 0 Å². The third-order valence-corrected chi connectivity index (χ3v) is 4.65. The first-order valence-corrected chi connectivity index (χ1v) is 8.60. The van der Waals surface area contributed by atoms with Gasteiger partial charge >= 0.3 is 5.97 Å². The number of para-hydroxylation sites is 1. The molecule has 3 rings (SSSR count). The Morgan fingerprint density at radius 2 is 1.92 bits per heavy atom. The molecule has 0 saturated heterocycles. The molecule has 1 fully saturated rings. The minimum atomic E-state index is -0.475. The molecule has 1 aliphatic carbocycles. The van der Waals surface area contributed by atoms with Crippen LogP contribution in [-0.4, -0.2) is 5.97 Å². The monoisotopic (exact) mass is 355 g/mol. The SMILES string of the molecule is [2H]c1c([2H])c([2H])c(Oc2cccc(COC(=O)[C@@H]3[C@H](C=C(C)C)C3(C)C)c2)c([2H])c1[2H]. The summed E-state index contributed by atoms with van der Waals surface area (Å²) in [4.78, 5) is 12.6. The van der Waals surface area contributed by atoms with E-state index in [1.165, 1.54) is 5.57 Å². The summed E-state index contributed by atoms with van der Waals surface area (Å²) in [5, 5.41) is 0. The zero-order valence-electron chi connectivity index (χ0n) is 20.5. The molecule has 2 aromatic carbocycles. The van der Waals surface area contributed by atoms with Crippen LogP contribution in [0.15, 0.2) is 66.1 Å². The van der Waals surface area contributed by atoms with Crippen LogP contribution in [0.2, 0.25) is 0 Å². The van der Waals surface area contributed by atoms with Crippen LogP contribution in [0.5, 0.6) is 11.5 Å². The van der Waals surface area contributed by atoms with E-state index in [0.717, 1.165) is 0 Å². The molecule has 1 aliphatic rings. The summed E-state index contributed by atoms with van der Waals surface area (Å²) in [7, 11) is 0. The van der Waals surface area contributed by atoms with Crippen molar-refractivity contribution in [3.8, 4) is 11.5 Å². The molecule has 0 spiro atoms. The van der Waals surface area contributed by atoms with Crippen LogP contribution in [0.3, 0.4) is 0 Å². The maximum Gasteiger partial charge on any atom is 0.310 e. The first-order valence-electron chi connectivity index (χ1n) is 11.1. The number of carbonyl (C=O) groups excluding carboxylic acids is 1. The molecule has 0 aromatic heterocycles. The van der Waals surface area contributed by atoms with E-state index in [0.29, 0.717) is 11.3 Å². The fraction of sp³-hybridized carbons (Fsp3) is 0.348. The molecular weight excluding hydrogens is 324 g/mol. The molecule has 26 heavy (non-hydrogen) atoms. The van der Waals surface area contributed by atoms with Crippen LogP contribution in [0.1, 0.15) is 40.1 Å². The lowest BCUT2D eigenvalue weighted by Gasteiger charge is -2.09. The van der Waals surface area contributed by atoms with E-state index in [4.69, 9.17) is 16.3 Å². The lowest BCUT2D eigenvalue weighted by atomic mass is 10.1. The smallest absolute Gasteiger partial charge is 0.310 e. The van der Waals surface area contributed by atoms with E-state index < -0.39 is 30.2 Å². The van der Waals surface area contributed by atoms with Gasteiger partial charge < -0.3 is 9.47 Å². The topological polar surface area (TPSA) is 35.5 Å². The number of hydrogen-bond acceptors (Lipinski definition) is 3. The summed E-state index contributed by atoms with van der Waals surface area (Å²) in [5.74, 6) is -0.202. The van der Waals surface area contributed by atoms with Crippen molar-refractivity contribution in [3.05, 3.63) is 71.7 Å². The molecular formula is C23H26O3. The molecule has 3 heteroatoms. The highest BCUT2D eigenvalue weighted by atomic mass is 16.5. The number of esters is 1. The van der Waals surface area contributed by atoms with Crippen LogP contribution >= 0.6 is 0 Å². The quantitative estimate of drug-likeness (QED) is 0.488. The lowest BCUT2D eigenvalue weighted by molar-refractivity contribution is -0.147. The summed E-state index contributed by atoms with van der Waals surface area (Å²) in [6.45, 7) is 8.19. The van der Waals surface area contributed by atoms with E-state index in [2.05, 4.69) is 19.9 Å². The van der Waals surface area contributed by atoms with E-state index in [-0.39, 0.29) is 35.6 Å². The maximum absolute atomic E-state index is 12.6. The first kappa shape index (κ1) is 12.7. The average molecular weight is 355 g/mol. The molecule has 3 nitrogen and oxygen atoms in total. The van der Waals surface area contributed by atoms with Gasteiger partial charge in [-0.15, -0.1) is 0 Å². The molecule has 0 unspecified atom stereocenters. The summed E-state index contributed by atoms with van der Waals surface area (Å²) in [5.41, 5.74) is 1.72. The highest BCUT2D eigenvalue weighted by Gasteiger charge is 2.61. The minimum absolute atomic E-state index is 0.0602. The molecule has 2 aromatic rings. The van der Waals surface area contributed by atoms with Crippen LogP contribution in [-0.2, 0) is 16.1 Å². The number of hydrogen-bond donors (Lipinski definition) is 0. The van der Waals surface area contributed by atoms with Gasteiger partial charge in [-0.25, -0.2) is 0 Å². The summed E-state index contributed by atoms with van der Waals surface area (Å²) < 4.78 is 50.2. The van der Waals surface area contributed by atoms with Gasteiger partial charge in [-0.2, -0.15) is 0 Å². The van der Waals surface area contributed by atoms with Gasteiger partial charge in [0.05, 0.1) is 12.8 Å². The summed E-state index contributed by atoms with van der Waals surface area (Å²) in [6.07, 6.45) is 2.11. The Morgan fingerprint density at radius 1 is 1.19 bits per heavy atom. The Bertz CT molecular complexity index is 1030. The largest absolute Gasteiger partial charge is 0.461 e. The maximum atomic E-state index is 12.6. The van der Waals surface area contributed by atoms with E-state index >= 15 is 0 Å². The van der Waals surface area contributed by atoms with E-state index in [9.17, 15) is 4.79 Å². The zero-order chi connectivity index (χ0) is 23.1. The molecule has 0 aliphatic heterocycles. The van der Waals surface area contributed by atoms with Gasteiger partial charge in [0.2, 0.25) is 0 Å². The second-order valence-electron chi connectivity index (χ2n) is 7.38. The molecule has 1 saturated carbocycles. The second-order valence-corrected chi connectivity index (χ2v) is 7.38. The van der Waals surface area contributed by atoms with Crippen molar-refractivity contribution in [2.45, 2.75) is 34.3 Å². The number of ether oxygens (including phenoxy) is 2. The Labute approximate surface area is 162 Å². The Hall–Kier alpha value is -2.55. The third-order valence-electron chi connectivity index (χ3n) is 4.65. The molecule has 136 valence electrons. The highest BCUT2D eigenvalue weighted by Crippen LogP contribution is 2.59. The Kier molecular flexibility index (Phi) is 3.61. The van der Waals surface area contributed by atoms with Gasteiger partial charge in [0, 0.05) is 0 Å². The van der Waals surface area contributed by atoms with Crippen LogP contribution < -0.4 is 4.74 Å². The van der Waals surface area contributed by atoms with Crippen LogP contribution in [0.25, 0.3) is 0 Å². The van der Waals surface area contributed by atoms with Crippen LogP contribution in [0.4, 0.5) is 0 Å². The number of carbonyl (C=O) groups is 1. The van der Waals surface area contributed by atoms with Crippen LogP contribution in [0, 0.1) is 17.3 Å². The molecule has 2 atom stereocenters. The predicted molar refractivity (Wildman–Crippen MR) is 103 cm³/mol. The lowest BCUT2D eigenvalue weighted by Crippen LogP contribution is -2.10. The number of rotatable bonds is 6. The average Bonchev–Trinajstić information content (AvgIpc) is 3.25. The molecule has 0 N–H and O–H groups in total. The van der Waals surface area contributed by atoms with Gasteiger partial charge in [0.15, 0.2) is 0 Å². The molecule has 0 amide bonds. The zero-order valence-corrected chi connectivity index (χ0v) is 15.5. The van der Waals surface area contributed by atoms with Crippen molar-refractivity contribution >= 4 is 5.97 Å². The van der Waals surface area contributed by atoms with E-state index in [1.807, 2.05) is 13.8 Å². The minimum Gasteiger partial charge on any atom is -0.461 e. The third kappa shape index (κ3) is 4.16. The fourth-order valence-electron chi connectivity index (χ4n) is 3.15. The fourth-order valence-corrected chi connectivity index (χ4v) is 3.15. The van der Waals surface area contributed by atoms with Crippen molar-refractivity contribution in [1.82, 2.24) is 0 Å². The van der Waals surface area contributed by atoms with Gasteiger partial charge in [-0.05, 0) is 55.0 Å².